The molecule has 0 aromatic rings. The second-order valence-electron chi connectivity index (χ2n) is 6.51. The summed E-state index contributed by atoms with van der Waals surface area (Å²) in [6.07, 6.45) is 9.74. The van der Waals surface area contributed by atoms with E-state index in [9.17, 15) is 0 Å². The van der Waals surface area contributed by atoms with Crippen molar-refractivity contribution in [2.75, 3.05) is 39.8 Å². The molecule has 0 amide bonds. The molecule has 1 aliphatic carbocycles. The molecule has 2 aliphatic rings. The smallest absolute Gasteiger partial charge is 0.0195 e. The van der Waals surface area contributed by atoms with Gasteiger partial charge in [-0.2, -0.15) is 0 Å². The lowest BCUT2D eigenvalue weighted by atomic mass is 10.1. The standard InChI is InChI=1S/C16H33N3/c1-3-10-17-15-7-6-11-19(14-15)13-12-18(2)16-8-4-5-9-16/h15-17H,3-14H2,1-2H3. The molecule has 19 heavy (non-hydrogen) atoms. The van der Waals surface area contributed by atoms with Crippen molar-refractivity contribution in [1.82, 2.24) is 15.1 Å². The fraction of sp³-hybridized carbons (Fsp3) is 1.00. The zero-order valence-corrected chi connectivity index (χ0v) is 13.0. The molecule has 1 unspecified atom stereocenters. The molecule has 0 radical (unpaired) electrons. The van der Waals surface area contributed by atoms with Crippen LogP contribution in [0.25, 0.3) is 0 Å². The highest BCUT2D eigenvalue weighted by Gasteiger charge is 2.22. The Morgan fingerprint density at radius 1 is 1.16 bits per heavy atom. The number of likely N-dealkylation sites (N-methyl/N-ethyl adjacent to an activating group) is 1. The summed E-state index contributed by atoms with van der Waals surface area (Å²) in [6, 6.07) is 1.62. The van der Waals surface area contributed by atoms with Crippen LogP contribution in [0, 0.1) is 0 Å². The Morgan fingerprint density at radius 2 is 1.95 bits per heavy atom. The van der Waals surface area contributed by atoms with E-state index < -0.39 is 0 Å². The predicted molar refractivity (Wildman–Crippen MR) is 82.6 cm³/mol. The Hall–Kier alpha value is -0.120. The molecular weight excluding hydrogens is 234 g/mol. The first-order valence-electron chi connectivity index (χ1n) is 8.45. The number of piperidine rings is 1. The van der Waals surface area contributed by atoms with E-state index >= 15 is 0 Å². The zero-order valence-electron chi connectivity index (χ0n) is 13.0. The molecule has 1 saturated heterocycles. The van der Waals surface area contributed by atoms with E-state index in [1.165, 1.54) is 77.7 Å². The minimum Gasteiger partial charge on any atom is -0.313 e. The van der Waals surface area contributed by atoms with Crippen molar-refractivity contribution in [1.29, 1.82) is 0 Å². The summed E-state index contributed by atoms with van der Waals surface area (Å²) in [5.74, 6) is 0. The molecule has 0 aromatic heterocycles. The van der Waals surface area contributed by atoms with Crippen LogP contribution in [0.15, 0.2) is 0 Å². The first-order chi connectivity index (χ1) is 9.29. The van der Waals surface area contributed by atoms with Gasteiger partial charge in [0, 0.05) is 31.7 Å². The van der Waals surface area contributed by atoms with E-state index in [-0.39, 0.29) is 0 Å². The van der Waals surface area contributed by atoms with Crippen LogP contribution < -0.4 is 5.32 Å². The van der Waals surface area contributed by atoms with Gasteiger partial charge in [-0.3, -0.25) is 0 Å². The Balaban J connectivity index is 1.64. The van der Waals surface area contributed by atoms with E-state index in [4.69, 9.17) is 0 Å². The first-order valence-corrected chi connectivity index (χ1v) is 8.45. The highest BCUT2D eigenvalue weighted by Crippen LogP contribution is 2.22. The molecule has 2 fully saturated rings. The molecule has 2 rings (SSSR count). The molecule has 1 N–H and O–H groups in total. The van der Waals surface area contributed by atoms with Crippen molar-refractivity contribution in [3.63, 3.8) is 0 Å². The van der Waals surface area contributed by atoms with Crippen molar-refractivity contribution in [3.8, 4) is 0 Å². The average Bonchev–Trinajstić information content (AvgIpc) is 2.97. The summed E-state index contributed by atoms with van der Waals surface area (Å²) < 4.78 is 0. The van der Waals surface area contributed by atoms with Gasteiger partial charge in [0.15, 0.2) is 0 Å². The maximum absolute atomic E-state index is 3.69. The van der Waals surface area contributed by atoms with Crippen LogP contribution in [0.5, 0.6) is 0 Å². The number of hydrogen-bond donors (Lipinski definition) is 1. The maximum Gasteiger partial charge on any atom is 0.0195 e. The van der Waals surface area contributed by atoms with Gasteiger partial charge in [-0.15, -0.1) is 0 Å². The van der Waals surface area contributed by atoms with Gasteiger partial charge in [0.2, 0.25) is 0 Å². The highest BCUT2D eigenvalue weighted by atomic mass is 15.2. The molecule has 1 aliphatic heterocycles. The van der Waals surface area contributed by atoms with Crippen LogP contribution in [0.3, 0.4) is 0 Å². The van der Waals surface area contributed by atoms with Crippen LogP contribution in [0.4, 0.5) is 0 Å². The molecule has 112 valence electrons. The Kier molecular flexibility index (Phi) is 6.62. The van der Waals surface area contributed by atoms with Crippen LogP contribution in [-0.4, -0.2) is 61.7 Å². The summed E-state index contributed by atoms with van der Waals surface area (Å²) >= 11 is 0. The zero-order chi connectivity index (χ0) is 13.5. The number of likely N-dealkylation sites (tertiary alicyclic amines) is 1. The lowest BCUT2D eigenvalue weighted by Crippen LogP contribution is -2.48. The van der Waals surface area contributed by atoms with Crippen LogP contribution in [0.2, 0.25) is 0 Å². The second kappa shape index (κ2) is 8.23. The minimum atomic E-state index is 0.741. The van der Waals surface area contributed by atoms with Gasteiger partial charge >= 0.3 is 0 Å². The van der Waals surface area contributed by atoms with E-state index in [0.717, 1.165) is 12.1 Å². The van der Waals surface area contributed by atoms with Crippen molar-refractivity contribution in [2.45, 2.75) is 64.0 Å². The lowest BCUT2D eigenvalue weighted by molar-refractivity contribution is 0.153. The Bertz CT molecular complexity index is 238. The van der Waals surface area contributed by atoms with Crippen molar-refractivity contribution in [2.24, 2.45) is 0 Å². The van der Waals surface area contributed by atoms with Crippen molar-refractivity contribution in [3.05, 3.63) is 0 Å². The van der Waals surface area contributed by atoms with E-state index in [2.05, 4.69) is 29.1 Å². The summed E-state index contributed by atoms with van der Waals surface area (Å²) in [5.41, 5.74) is 0. The summed E-state index contributed by atoms with van der Waals surface area (Å²) in [4.78, 5) is 5.28. The fourth-order valence-electron chi connectivity index (χ4n) is 3.60. The quantitative estimate of drug-likeness (QED) is 0.764. The molecule has 1 atom stereocenters. The van der Waals surface area contributed by atoms with Gasteiger partial charge in [0.1, 0.15) is 0 Å². The molecule has 3 heteroatoms. The third kappa shape index (κ3) is 5.05. The predicted octanol–water partition coefficient (Wildman–Crippen LogP) is 2.32. The van der Waals surface area contributed by atoms with E-state index in [1.54, 1.807) is 0 Å². The first kappa shape index (κ1) is 15.3. The molecule has 1 saturated carbocycles. The third-order valence-corrected chi connectivity index (χ3v) is 4.91. The number of hydrogen-bond acceptors (Lipinski definition) is 3. The number of nitrogens with one attached hydrogen (secondary N) is 1. The molecule has 0 bridgehead atoms. The Labute approximate surface area is 119 Å². The summed E-state index contributed by atoms with van der Waals surface area (Å²) in [6.45, 7) is 8.52. The topological polar surface area (TPSA) is 18.5 Å². The lowest BCUT2D eigenvalue weighted by Gasteiger charge is -2.35. The normalized spacial score (nSPS) is 26.4. The molecule has 1 heterocycles. The average molecular weight is 267 g/mol. The third-order valence-electron chi connectivity index (χ3n) is 4.91. The number of nitrogens with zero attached hydrogens (tertiary/aromatic N) is 2. The summed E-state index contributed by atoms with van der Waals surface area (Å²) in [7, 11) is 2.33. The SMILES string of the molecule is CCCNC1CCCN(CCN(C)C2CCCC2)C1. The van der Waals surface area contributed by atoms with Crippen molar-refractivity contribution >= 4 is 0 Å². The number of rotatable bonds is 7. The van der Waals surface area contributed by atoms with Gasteiger partial charge in [0.25, 0.3) is 0 Å². The van der Waals surface area contributed by atoms with Gasteiger partial charge in [-0.25, -0.2) is 0 Å². The molecule has 0 spiro atoms. The van der Waals surface area contributed by atoms with Gasteiger partial charge in [0.05, 0.1) is 0 Å². The molecular formula is C16H33N3. The summed E-state index contributed by atoms with van der Waals surface area (Å²) in [5, 5.41) is 3.69. The molecule has 0 aromatic carbocycles. The van der Waals surface area contributed by atoms with Crippen LogP contribution in [0.1, 0.15) is 51.9 Å². The second-order valence-corrected chi connectivity index (χ2v) is 6.51. The van der Waals surface area contributed by atoms with Crippen LogP contribution >= 0.6 is 0 Å². The van der Waals surface area contributed by atoms with E-state index in [1.807, 2.05) is 0 Å². The van der Waals surface area contributed by atoms with Crippen molar-refractivity contribution < 1.29 is 0 Å². The van der Waals surface area contributed by atoms with E-state index in [0.29, 0.717) is 0 Å². The van der Waals surface area contributed by atoms with Crippen LogP contribution in [-0.2, 0) is 0 Å². The van der Waals surface area contributed by atoms with Gasteiger partial charge in [-0.05, 0) is 52.2 Å². The highest BCUT2D eigenvalue weighted by molar-refractivity contribution is 4.80. The largest absolute Gasteiger partial charge is 0.313 e. The van der Waals surface area contributed by atoms with Gasteiger partial charge < -0.3 is 15.1 Å². The maximum atomic E-state index is 3.69. The fourth-order valence-corrected chi connectivity index (χ4v) is 3.60. The molecule has 3 nitrogen and oxygen atoms in total. The van der Waals surface area contributed by atoms with Gasteiger partial charge in [-0.1, -0.05) is 19.8 Å². The monoisotopic (exact) mass is 267 g/mol. The minimum absolute atomic E-state index is 0.741. The Morgan fingerprint density at radius 3 is 2.68 bits per heavy atom.